The van der Waals surface area contributed by atoms with Crippen LogP contribution in [0.3, 0.4) is 0 Å². The van der Waals surface area contributed by atoms with Crippen LogP contribution in [0.15, 0.2) is 33.8 Å². The van der Waals surface area contributed by atoms with E-state index < -0.39 is 0 Å². The largest absolute Gasteiger partial charge is 0.355 e. The van der Waals surface area contributed by atoms with Crippen molar-refractivity contribution in [3.05, 3.63) is 40.6 Å². The number of aromatic nitrogens is 2. The van der Waals surface area contributed by atoms with E-state index in [9.17, 15) is 4.79 Å². The van der Waals surface area contributed by atoms with Crippen LogP contribution in [0.2, 0.25) is 0 Å². The Balaban J connectivity index is 1.44. The van der Waals surface area contributed by atoms with Crippen LogP contribution in [0.5, 0.6) is 0 Å². The summed E-state index contributed by atoms with van der Waals surface area (Å²) >= 11 is 0. The molecule has 9 heteroatoms. The zero-order valence-corrected chi connectivity index (χ0v) is 18.8. The molecule has 0 saturated carbocycles. The highest BCUT2D eigenvalue weighted by atomic mass is 16.2. The maximum Gasteiger partial charge on any atom is 0.275 e. The number of hydrazone groups is 1. The summed E-state index contributed by atoms with van der Waals surface area (Å²) in [6.07, 6.45) is 11.0. The molecular formula is C23H32N8O. The van der Waals surface area contributed by atoms with Crippen LogP contribution in [0.1, 0.15) is 60.8 Å². The number of nitrogens with one attached hydrogen (secondary N) is 1. The molecule has 2 fully saturated rings. The number of nitrogens with zero attached hydrogens (tertiary/aromatic N) is 6. The van der Waals surface area contributed by atoms with Gasteiger partial charge in [-0.3, -0.25) is 9.89 Å². The first kappa shape index (κ1) is 20.9. The number of rotatable bonds is 3. The lowest BCUT2D eigenvalue weighted by Crippen LogP contribution is -2.44. The van der Waals surface area contributed by atoms with Crippen LogP contribution in [0.4, 0.5) is 0 Å². The summed E-state index contributed by atoms with van der Waals surface area (Å²) in [7, 11) is 0. The van der Waals surface area contributed by atoms with Gasteiger partial charge in [-0.25, -0.2) is 10.0 Å². The summed E-state index contributed by atoms with van der Waals surface area (Å²) in [4.78, 5) is 22.6. The van der Waals surface area contributed by atoms with Gasteiger partial charge < -0.3 is 15.5 Å². The highest BCUT2D eigenvalue weighted by Gasteiger charge is 2.33. The number of fused-ring (bicyclic) bond motifs is 1. The van der Waals surface area contributed by atoms with E-state index in [1.807, 2.05) is 18.0 Å². The number of piperidine rings is 1. The number of aromatic amines is 1. The molecule has 3 aliphatic heterocycles. The Hall–Kier alpha value is -2.94. The SMILES string of the molecule is C=NN1C=C(C)C(N2CC[C@H](N)C2)=N/C1=C/C1CCCCN1C(=O)c1n[nH]c2c1CCC2. The summed E-state index contributed by atoms with van der Waals surface area (Å²) in [5.41, 5.74) is 9.98. The Labute approximate surface area is 188 Å². The van der Waals surface area contributed by atoms with Gasteiger partial charge in [0.2, 0.25) is 0 Å². The molecule has 1 aromatic rings. The van der Waals surface area contributed by atoms with Crippen LogP contribution < -0.4 is 5.73 Å². The second-order valence-electron chi connectivity index (χ2n) is 9.20. The summed E-state index contributed by atoms with van der Waals surface area (Å²) in [5, 5.41) is 13.3. The Kier molecular flexibility index (Phi) is 5.58. The van der Waals surface area contributed by atoms with Crippen molar-refractivity contribution in [3.63, 3.8) is 0 Å². The van der Waals surface area contributed by atoms with E-state index in [-0.39, 0.29) is 18.0 Å². The maximum absolute atomic E-state index is 13.5. The number of aliphatic imine (C=N–C) groups is 1. The number of nitrogens with two attached hydrogens (primary N) is 1. The molecule has 170 valence electrons. The van der Waals surface area contributed by atoms with Crippen LogP contribution in [-0.4, -0.2) is 75.2 Å². The first-order chi connectivity index (χ1) is 15.5. The fourth-order valence-corrected chi connectivity index (χ4v) is 5.27. The smallest absolute Gasteiger partial charge is 0.275 e. The summed E-state index contributed by atoms with van der Waals surface area (Å²) < 4.78 is 0. The molecule has 1 aliphatic carbocycles. The molecule has 0 bridgehead atoms. The number of amides is 1. The van der Waals surface area contributed by atoms with E-state index >= 15 is 0 Å². The lowest BCUT2D eigenvalue weighted by atomic mass is 10.0. The van der Waals surface area contributed by atoms with Crippen LogP contribution in [0, 0.1) is 0 Å². The van der Waals surface area contributed by atoms with E-state index in [0.717, 1.165) is 87.2 Å². The zero-order valence-electron chi connectivity index (χ0n) is 18.8. The summed E-state index contributed by atoms with van der Waals surface area (Å²) in [6, 6.07) is 0.123. The van der Waals surface area contributed by atoms with Gasteiger partial charge in [-0.2, -0.15) is 10.2 Å². The fourth-order valence-electron chi connectivity index (χ4n) is 5.27. The summed E-state index contributed by atoms with van der Waals surface area (Å²) in [6.45, 7) is 8.19. The molecule has 5 rings (SSSR count). The average Bonchev–Trinajstić information content (AvgIpc) is 3.52. The third-order valence-corrected chi connectivity index (χ3v) is 6.96. The molecule has 1 amide bonds. The van der Waals surface area contributed by atoms with Crippen molar-refractivity contribution in [1.29, 1.82) is 0 Å². The van der Waals surface area contributed by atoms with Crippen LogP contribution in [0.25, 0.3) is 0 Å². The quantitative estimate of drug-likeness (QED) is 0.705. The first-order valence-electron chi connectivity index (χ1n) is 11.7. The van der Waals surface area contributed by atoms with Crippen molar-refractivity contribution in [2.75, 3.05) is 19.6 Å². The molecule has 1 aromatic heterocycles. The van der Waals surface area contributed by atoms with Crippen LogP contribution >= 0.6 is 0 Å². The lowest BCUT2D eigenvalue weighted by Gasteiger charge is -2.35. The van der Waals surface area contributed by atoms with Crippen molar-refractivity contribution >= 4 is 18.5 Å². The number of hydrogen-bond acceptors (Lipinski definition) is 7. The highest BCUT2D eigenvalue weighted by molar-refractivity contribution is 5.99. The van der Waals surface area contributed by atoms with Crippen molar-refractivity contribution in [2.45, 2.75) is 64.0 Å². The Morgan fingerprint density at radius 2 is 2.16 bits per heavy atom. The van der Waals surface area contributed by atoms with Gasteiger partial charge in [-0.1, -0.05) is 0 Å². The van der Waals surface area contributed by atoms with E-state index in [4.69, 9.17) is 10.7 Å². The van der Waals surface area contributed by atoms with Gasteiger partial charge in [0.05, 0.1) is 6.04 Å². The molecule has 2 atom stereocenters. The topological polar surface area (TPSA) is 106 Å². The van der Waals surface area contributed by atoms with Gasteiger partial charge in [0.1, 0.15) is 5.84 Å². The van der Waals surface area contributed by atoms with Crippen molar-refractivity contribution in [2.24, 2.45) is 15.8 Å². The Bertz CT molecular complexity index is 1010. The first-order valence-corrected chi connectivity index (χ1v) is 11.7. The van der Waals surface area contributed by atoms with E-state index in [1.165, 1.54) is 0 Å². The molecule has 2 saturated heterocycles. The lowest BCUT2D eigenvalue weighted by molar-refractivity contribution is 0.0655. The predicted octanol–water partition coefficient (Wildman–Crippen LogP) is 2.00. The standard InChI is InChI=1S/C23H32N8O/c1-15-13-31(25-2)20(26-22(15)29-11-9-16(24)14-29)12-17-6-3-4-10-30(17)23(32)21-18-7-5-8-19(18)27-28-21/h12-13,16-17H,2-11,14,24H2,1H3,(H,27,28)/b20-12-/t16-,17?/m0/s1. The number of H-pyrrole nitrogens is 1. The molecule has 4 heterocycles. The number of hydrogen-bond donors (Lipinski definition) is 2. The number of carbonyl (C=O) groups is 1. The number of likely N-dealkylation sites (tertiary alicyclic amines) is 2. The number of amidine groups is 1. The van der Waals surface area contributed by atoms with Gasteiger partial charge >= 0.3 is 0 Å². The minimum Gasteiger partial charge on any atom is -0.355 e. The number of aryl methyl sites for hydroxylation is 1. The highest BCUT2D eigenvalue weighted by Crippen LogP contribution is 2.29. The third kappa shape index (κ3) is 3.74. The molecular weight excluding hydrogens is 404 g/mol. The minimum absolute atomic E-state index is 0.0151. The van der Waals surface area contributed by atoms with Crippen molar-refractivity contribution < 1.29 is 4.79 Å². The zero-order chi connectivity index (χ0) is 22.2. The second-order valence-corrected chi connectivity index (χ2v) is 9.20. The van der Waals surface area contributed by atoms with Gasteiger partial charge in [0, 0.05) is 55.4 Å². The summed E-state index contributed by atoms with van der Waals surface area (Å²) in [5.74, 6) is 1.65. The molecule has 1 unspecified atom stereocenters. The van der Waals surface area contributed by atoms with Gasteiger partial charge in [0.25, 0.3) is 5.91 Å². The van der Waals surface area contributed by atoms with Gasteiger partial charge in [-0.05, 0) is 57.9 Å². The third-order valence-electron chi connectivity index (χ3n) is 6.96. The van der Waals surface area contributed by atoms with Crippen molar-refractivity contribution in [3.8, 4) is 0 Å². The molecule has 32 heavy (non-hydrogen) atoms. The Morgan fingerprint density at radius 3 is 2.94 bits per heavy atom. The predicted molar refractivity (Wildman–Crippen MR) is 124 cm³/mol. The van der Waals surface area contributed by atoms with Gasteiger partial charge in [0.15, 0.2) is 11.5 Å². The second kappa shape index (κ2) is 8.54. The molecule has 0 radical (unpaired) electrons. The molecule has 0 spiro atoms. The average molecular weight is 437 g/mol. The Morgan fingerprint density at radius 1 is 1.28 bits per heavy atom. The van der Waals surface area contributed by atoms with Crippen molar-refractivity contribution in [1.82, 2.24) is 25.0 Å². The maximum atomic E-state index is 13.5. The molecule has 9 nitrogen and oxygen atoms in total. The van der Waals surface area contributed by atoms with E-state index in [2.05, 4.69) is 33.0 Å². The van der Waals surface area contributed by atoms with Crippen LogP contribution in [-0.2, 0) is 12.8 Å². The minimum atomic E-state index is -0.0538. The van der Waals surface area contributed by atoms with E-state index in [0.29, 0.717) is 11.5 Å². The molecule has 3 N–H and O–H groups in total. The monoisotopic (exact) mass is 436 g/mol. The normalized spacial score (nSPS) is 26.9. The fraction of sp³-hybridized carbons (Fsp3) is 0.565. The molecule has 0 aromatic carbocycles. The molecule has 4 aliphatic rings. The van der Waals surface area contributed by atoms with E-state index in [1.54, 1.807) is 5.01 Å². The van der Waals surface area contributed by atoms with Gasteiger partial charge in [-0.15, -0.1) is 0 Å². The number of carbonyl (C=O) groups excluding carboxylic acids is 1.